The van der Waals surface area contributed by atoms with E-state index in [2.05, 4.69) is 20.8 Å². The minimum absolute atomic E-state index is 0.0477. The average molecular weight is 256 g/mol. The lowest BCUT2D eigenvalue weighted by molar-refractivity contribution is -0.143. The van der Waals surface area contributed by atoms with E-state index in [1.165, 1.54) is 6.92 Å². The number of carboxylic acids is 1. The molecule has 1 unspecified atom stereocenters. The molecular formula is C10H16N4O4. The fourth-order valence-electron chi connectivity index (χ4n) is 1.16. The molecule has 8 nitrogen and oxygen atoms in total. The van der Waals surface area contributed by atoms with Gasteiger partial charge in [-0.1, -0.05) is 12.1 Å². The fraction of sp³-hybridized carbons (Fsp3) is 0.600. The van der Waals surface area contributed by atoms with Gasteiger partial charge in [0.25, 0.3) is 0 Å². The molecule has 1 aromatic rings. The Morgan fingerprint density at radius 3 is 2.61 bits per heavy atom. The van der Waals surface area contributed by atoms with Crippen LogP contribution in [0.3, 0.4) is 0 Å². The third-order valence-corrected chi connectivity index (χ3v) is 2.54. The first-order chi connectivity index (χ1) is 8.37. The van der Waals surface area contributed by atoms with Crippen molar-refractivity contribution < 1.29 is 19.2 Å². The zero-order chi connectivity index (χ0) is 13.8. The van der Waals surface area contributed by atoms with Crippen LogP contribution in [-0.2, 0) is 11.3 Å². The summed E-state index contributed by atoms with van der Waals surface area (Å²) in [6, 6.07) is -0.599. The molecule has 8 heteroatoms. The molecule has 0 fully saturated rings. The van der Waals surface area contributed by atoms with E-state index in [0.717, 1.165) is 0 Å². The number of aliphatic carboxylic acids is 1. The summed E-state index contributed by atoms with van der Waals surface area (Å²) in [5.74, 6) is -0.360. The maximum Gasteiger partial charge on any atom is 0.329 e. The quantitative estimate of drug-likeness (QED) is 0.703. The van der Waals surface area contributed by atoms with E-state index < -0.39 is 17.5 Å². The second kappa shape index (κ2) is 5.48. The van der Waals surface area contributed by atoms with E-state index >= 15 is 0 Å². The van der Waals surface area contributed by atoms with Crippen molar-refractivity contribution in [2.24, 2.45) is 0 Å². The minimum Gasteiger partial charge on any atom is -0.480 e. The SMILES string of the molecule is CCC(C)(NC(=O)NCc1nc(C)no1)C(=O)O. The number of rotatable bonds is 5. The smallest absolute Gasteiger partial charge is 0.329 e. The highest BCUT2D eigenvalue weighted by Crippen LogP contribution is 2.08. The number of hydrogen-bond donors (Lipinski definition) is 3. The lowest BCUT2D eigenvalue weighted by atomic mass is 10.00. The van der Waals surface area contributed by atoms with E-state index in [-0.39, 0.29) is 18.9 Å². The van der Waals surface area contributed by atoms with Crippen LogP contribution in [0, 0.1) is 6.92 Å². The molecule has 0 aromatic carbocycles. The number of carboxylic acid groups (broad SMARTS) is 1. The predicted molar refractivity (Wildman–Crippen MR) is 60.7 cm³/mol. The number of aryl methyl sites for hydroxylation is 1. The molecule has 3 N–H and O–H groups in total. The van der Waals surface area contributed by atoms with Gasteiger partial charge in [0.15, 0.2) is 5.82 Å². The molecule has 0 bridgehead atoms. The van der Waals surface area contributed by atoms with Crippen LogP contribution < -0.4 is 10.6 Å². The zero-order valence-electron chi connectivity index (χ0n) is 10.5. The lowest BCUT2D eigenvalue weighted by Crippen LogP contribution is -2.54. The predicted octanol–water partition coefficient (Wildman–Crippen LogP) is 0.431. The number of amides is 2. The molecule has 2 amide bonds. The number of hydrogen-bond acceptors (Lipinski definition) is 5. The summed E-state index contributed by atoms with van der Waals surface area (Å²) in [4.78, 5) is 26.4. The van der Waals surface area contributed by atoms with Crippen molar-refractivity contribution in [3.63, 3.8) is 0 Å². The highest BCUT2D eigenvalue weighted by Gasteiger charge is 2.32. The van der Waals surface area contributed by atoms with Gasteiger partial charge in [-0.05, 0) is 20.3 Å². The molecule has 0 saturated carbocycles. The molecule has 0 aliphatic heterocycles. The molecule has 0 saturated heterocycles. The number of aromatic nitrogens is 2. The monoisotopic (exact) mass is 256 g/mol. The third kappa shape index (κ3) is 3.44. The molecule has 18 heavy (non-hydrogen) atoms. The molecule has 1 aromatic heterocycles. The van der Waals surface area contributed by atoms with Gasteiger partial charge < -0.3 is 20.3 Å². The second-order valence-electron chi connectivity index (χ2n) is 4.03. The third-order valence-electron chi connectivity index (χ3n) is 2.54. The van der Waals surface area contributed by atoms with Crippen LogP contribution in [0.2, 0.25) is 0 Å². The van der Waals surface area contributed by atoms with Gasteiger partial charge >= 0.3 is 12.0 Å². The fourth-order valence-corrected chi connectivity index (χ4v) is 1.16. The van der Waals surface area contributed by atoms with Crippen molar-refractivity contribution in [3.05, 3.63) is 11.7 Å². The van der Waals surface area contributed by atoms with Crippen molar-refractivity contribution >= 4 is 12.0 Å². The van der Waals surface area contributed by atoms with Crippen LogP contribution in [0.15, 0.2) is 4.52 Å². The molecule has 100 valence electrons. The molecule has 1 atom stereocenters. The van der Waals surface area contributed by atoms with Crippen LogP contribution in [-0.4, -0.2) is 32.8 Å². The first-order valence-electron chi connectivity index (χ1n) is 5.46. The Bertz CT molecular complexity index is 445. The average Bonchev–Trinajstić information content (AvgIpc) is 2.72. The molecular weight excluding hydrogens is 240 g/mol. The van der Waals surface area contributed by atoms with E-state index in [1.807, 2.05) is 0 Å². The van der Waals surface area contributed by atoms with Gasteiger partial charge in [-0.15, -0.1) is 0 Å². The summed E-state index contributed by atoms with van der Waals surface area (Å²) in [5.41, 5.74) is -1.30. The van der Waals surface area contributed by atoms with Gasteiger partial charge in [0.2, 0.25) is 5.89 Å². The molecule has 0 radical (unpaired) electrons. The van der Waals surface area contributed by atoms with Crippen molar-refractivity contribution in [1.82, 2.24) is 20.8 Å². The summed E-state index contributed by atoms with van der Waals surface area (Å²) >= 11 is 0. The highest BCUT2D eigenvalue weighted by molar-refractivity contribution is 5.85. The summed E-state index contributed by atoms with van der Waals surface area (Å²) in [6.45, 7) is 4.82. The molecule has 0 spiro atoms. The second-order valence-corrected chi connectivity index (χ2v) is 4.03. The van der Waals surface area contributed by atoms with Gasteiger partial charge in [-0.2, -0.15) is 4.98 Å². The highest BCUT2D eigenvalue weighted by atomic mass is 16.5. The van der Waals surface area contributed by atoms with Crippen LogP contribution in [0.25, 0.3) is 0 Å². The largest absolute Gasteiger partial charge is 0.480 e. The topological polar surface area (TPSA) is 117 Å². The Morgan fingerprint density at radius 2 is 2.17 bits per heavy atom. The van der Waals surface area contributed by atoms with Crippen molar-refractivity contribution in [2.75, 3.05) is 0 Å². The van der Waals surface area contributed by atoms with Crippen LogP contribution in [0.1, 0.15) is 32.0 Å². The number of carbonyl (C=O) groups excluding carboxylic acids is 1. The van der Waals surface area contributed by atoms with Gasteiger partial charge in [-0.25, -0.2) is 9.59 Å². The summed E-state index contributed by atoms with van der Waals surface area (Å²) in [5, 5.41) is 17.4. The van der Waals surface area contributed by atoms with Gasteiger partial charge in [0.05, 0.1) is 6.54 Å². The Kier molecular flexibility index (Phi) is 4.24. The van der Waals surface area contributed by atoms with E-state index in [9.17, 15) is 9.59 Å². The number of carbonyl (C=O) groups is 2. The van der Waals surface area contributed by atoms with Gasteiger partial charge in [-0.3, -0.25) is 0 Å². The first-order valence-corrected chi connectivity index (χ1v) is 5.46. The zero-order valence-corrected chi connectivity index (χ0v) is 10.5. The Morgan fingerprint density at radius 1 is 1.50 bits per heavy atom. The Hall–Kier alpha value is -2.12. The minimum atomic E-state index is -1.30. The van der Waals surface area contributed by atoms with Crippen molar-refractivity contribution in [2.45, 2.75) is 39.3 Å². The van der Waals surface area contributed by atoms with E-state index in [0.29, 0.717) is 5.82 Å². The molecule has 1 heterocycles. The summed E-state index contributed by atoms with van der Waals surface area (Å²) < 4.78 is 4.80. The first kappa shape index (κ1) is 13.9. The van der Waals surface area contributed by atoms with Crippen molar-refractivity contribution in [3.8, 4) is 0 Å². The Labute approximate surface area is 104 Å². The number of nitrogens with one attached hydrogen (secondary N) is 2. The summed E-state index contributed by atoms with van der Waals surface area (Å²) in [7, 11) is 0. The Balaban J connectivity index is 2.49. The number of urea groups is 1. The van der Waals surface area contributed by atoms with E-state index in [1.54, 1.807) is 13.8 Å². The maximum atomic E-state index is 11.5. The molecule has 0 aliphatic carbocycles. The molecule has 1 rings (SSSR count). The van der Waals surface area contributed by atoms with Crippen LogP contribution >= 0.6 is 0 Å². The van der Waals surface area contributed by atoms with E-state index in [4.69, 9.17) is 9.63 Å². The van der Waals surface area contributed by atoms with Crippen LogP contribution in [0.5, 0.6) is 0 Å². The van der Waals surface area contributed by atoms with Gasteiger partial charge in [0, 0.05) is 0 Å². The summed E-state index contributed by atoms with van der Waals surface area (Å²) in [6.07, 6.45) is 0.273. The maximum absolute atomic E-state index is 11.5. The molecule has 0 aliphatic rings. The van der Waals surface area contributed by atoms with Gasteiger partial charge in [0.1, 0.15) is 5.54 Å². The lowest BCUT2D eigenvalue weighted by Gasteiger charge is -2.24. The standard InChI is InChI=1S/C10H16N4O4/c1-4-10(3,8(15)16)13-9(17)11-5-7-12-6(2)14-18-7/h4-5H2,1-3H3,(H,15,16)(H2,11,13,17). The normalized spacial score (nSPS) is 13.7. The van der Waals surface area contributed by atoms with Crippen molar-refractivity contribution in [1.29, 1.82) is 0 Å². The van der Waals surface area contributed by atoms with Crippen LogP contribution in [0.4, 0.5) is 4.79 Å². The number of nitrogens with zero attached hydrogens (tertiary/aromatic N) is 2.